The van der Waals surface area contributed by atoms with E-state index in [-0.39, 0.29) is 24.2 Å². The number of halogens is 1. The van der Waals surface area contributed by atoms with E-state index < -0.39 is 35.3 Å². The van der Waals surface area contributed by atoms with Crippen LogP contribution in [0.1, 0.15) is 99.6 Å². The first-order chi connectivity index (χ1) is 28.4. The minimum Gasteiger partial charge on any atom is -0.377 e. The van der Waals surface area contributed by atoms with E-state index in [4.69, 9.17) is 16.3 Å². The fourth-order valence-electron chi connectivity index (χ4n) is 10.5. The van der Waals surface area contributed by atoms with Crippen molar-refractivity contribution in [2.24, 2.45) is 5.41 Å². The maximum absolute atomic E-state index is 13.7. The van der Waals surface area contributed by atoms with E-state index in [0.29, 0.717) is 78.9 Å². The number of nitrogens with one attached hydrogen (secondary N) is 1. The lowest BCUT2D eigenvalue weighted by atomic mass is 9.76. The van der Waals surface area contributed by atoms with Gasteiger partial charge in [-0.25, -0.2) is 0 Å². The highest BCUT2D eigenvalue weighted by Gasteiger charge is 2.47. The highest BCUT2D eigenvalue weighted by molar-refractivity contribution is 6.32. The van der Waals surface area contributed by atoms with Gasteiger partial charge in [0, 0.05) is 88.9 Å². The van der Waals surface area contributed by atoms with Gasteiger partial charge in [0.05, 0.1) is 27.3 Å². The van der Waals surface area contributed by atoms with Crippen molar-refractivity contribution in [1.82, 2.24) is 20.0 Å². The number of anilines is 2. The number of nitriles is 1. The number of rotatable bonds is 7. The Labute approximate surface area is 348 Å². The molecule has 2 atom stereocenters. The third-order valence-electron chi connectivity index (χ3n) is 13.9. The van der Waals surface area contributed by atoms with Crippen LogP contribution in [0.4, 0.5) is 11.4 Å². The van der Waals surface area contributed by atoms with Crippen LogP contribution in [-0.2, 0) is 27.4 Å². The molecule has 1 spiro atoms. The average Bonchev–Trinajstić information content (AvgIpc) is 3.86. The fraction of sp³-hybridized carbons (Fsp3) is 0.467. The highest BCUT2D eigenvalue weighted by atomic mass is 35.5. The van der Waals surface area contributed by atoms with E-state index in [1.807, 2.05) is 35.2 Å². The molecule has 0 saturated carbocycles. The largest absolute Gasteiger partial charge is 0.377 e. The number of benzene rings is 3. The molecule has 9 rings (SSSR count). The van der Waals surface area contributed by atoms with E-state index in [2.05, 4.69) is 45.1 Å². The molecule has 5 amide bonds. The van der Waals surface area contributed by atoms with Crippen LogP contribution in [0.2, 0.25) is 5.02 Å². The number of nitrogens with zero attached hydrogens (tertiary/aromatic N) is 6. The number of likely N-dealkylation sites (tertiary alicyclic amines) is 1. The van der Waals surface area contributed by atoms with E-state index in [1.165, 1.54) is 0 Å². The van der Waals surface area contributed by atoms with Crippen molar-refractivity contribution in [3.8, 4) is 6.07 Å². The molecule has 6 aliphatic heterocycles. The summed E-state index contributed by atoms with van der Waals surface area (Å²) in [6, 6.07) is 18.9. The Balaban J connectivity index is 0.771. The number of ether oxygens (including phenoxy) is 1. The molecule has 306 valence electrons. The summed E-state index contributed by atoms with van der Waals surface area (Å²) in [5, 5.41) is 12.0. The first-order valence-corrected chi connectivity index (χ1v) is 21.0. The normalized spacial score (nSPS) is 23.8. The van der Waals surface area contributed by atoms with Crippen molar-refractivity contribution in [3.63, 3.8) is 0 Å². The van der Waals surface area contributed by atoms with Crippen LogP contribution >= 0.6 is 11.6 Å². The SMILES string of the molecule is COC1(CN2Cc3cc4c(cc3C2)C(=O)N(C2CCC(=O)NC2=O)C4=O)CCN(C(=O)c2ccc(N3CCC4(CC3)C[C@H](C)N(c3ccc(C#N)c(Cl)c3)C4)cc2)CC1. The van der Waals surface area contributed by atoms with E-state index >= 15 is 0 Å². The molecule has 3 aromatic carbocycles. The van der Waals surface area contributed by atoms with Crippen LogP contribution in [0.3, 0.4) is 0 Å². The molecule has 14 heteroatoms. The summed E-state index contributed by atoms with van der Waals surface area (Å²) in [5.41, 5.74) is 5.69. The Hall–Kier alpha value is -5.29. The van der Waals surface area contributed by atoms with Gasteiger partial charge < -0.3 is 19.4 Å². The van der Waals surface area contributed by atoms with Gasteiger partial charge in [0.1, 0.15) is 12.1 Å². The molecule has 6 heterocycles. The van der Waals surface area contributed by atoms with Gasteiger partial charge in [0.2, 0.25) is 11.8 Å². The summed E-state index contributed by atoms with van der Waals surface area (Å²) in [6.07, 6.45) is 4.86. The van der Waals surface area contributed by atoms with Crippen molar-refractivity contribution in [3.05, 3.63) is 93.0 Å². The van der Waals surface area contributed by atoms with Gasteiger partial charge in [-0.05, 0) is 117 Å². The first-order valence-electron chi connectivity index (χ1n) is 20.6. The number of carbonyl (C=O) groups is 5. The third-order valence-corrected chi connectivity index (χ3v) is 14.2. The number of fused-ring (bicyclic) bond motifs is 2. The number of carbonyl (C=O) groups excluding carboxylic acids is 5. The molecule has 0 bridgehead atoms. The molecule has 6 aliphatic rings. The van der Waals surface area contributed by atoms with Crippen molar-refractivity contribution in [1.29, 1.82) is 5.26 Å². The van der Waals surface area contributed by atoms with E-state index in [0.717, 1.165) is 66.3 Å². The summed E-state index contributed by atoms with van der Waals surface area (Å²) < 4.78 is 6.17. The maximum Gasteiger partial charge on any atom is 0.262 e. The third kappa shape index (κ3) is 7.04. The van der Waals surface area contributed by atoms with Gasteiger partial charge in [-0.3, -0.25) is 39.1 Å². The number of imide groups is 2. The van der Waals surface area contributed by atoms with Crippen LogP contribution in [0, 0.1) is 16.7 Å². The molecule has 4 fully saturated rings. The Bertz CT molecular complexity index is 2250. The zero-order valence-electron chi connectivity index (χ0n) is 33.5. The summed E-state index contributed by atoms with van der Waals surface area (Å²) in [7, 11) is 1.73. The van der Waals surface area contributed by atoms with Gasteiger partial charge in [-0.2, -0.15) is 5.26 Å². The predicted octanol–water partition coefficient (Wildman–Crippen LogP) is 5.14. The molecule has 1 unspecified atom stereocenters. The monoisotopic (exact) mass is 817 g/mol. The lowest BCUT2D eigenvalue weighted by molar-refractivity contribution is -0.136. The predicted molar refractivity (Wildman–Crippen MR) is 220 cm³/mol. The number of amides is 5. The van der Waals surface area contributed by atoms with Crippen LogP contribution in [0.15, 0.2) is 54.6 Å². The lowest BCUT2D eigenvalue weighted by Crippen LogP contribution is -2.54. The summed E-state index contributed by atoms with van der Waals surface area (Å²) in [5.74, 6) is -2.00. The van der Waals surface area contributed by atoms with Crippen molar-refractivity contribution < 1.29 is 28.7 Å². The topological polar surface area (TPSA) is 147 Å². The number of methoxy groups -OCH3 is 1. The smallest absolute Gasteiger partial charge is 0.262 e. The molecule has 13 nitrogen and oxygen atoms in total. The summed E-state index contributed by atoms with van der Waals surface area (Å²) >= 11 is 6.38. The molecular weight excluding hydrogens is 770 g/mol. The van der Waals surface area contributed by atoms with Crippen LogP contribution in [-0.4, -0.2) is 108 Å². The lowest BCUT2D eigenvalue weighted by Gasteiger charge is -2.43. The van der Waals surface area contributed by atoms with Crippen molar-refractivity contribution in [2.45, 2.75) is 82.6 Å². The molecule has 4 saturated heterocycles. The van der Waals surface area contributed by atoms with E-state index in [1.54, 1.807) is 19.2 Å². The number of piperidine rings is 3. The van der Waals surface area contributed by atoms with Gasteiger partial charge in [-0.15, -0.1) is 0 Å². The van der Waals surface area contributed by atoms with Gasteiger partial charge in [0.25, 0.3) is 17.7 Å². The molecule has 59 heavy (non-hydrogen) atoms. The standard InChI is InChI=1S/C45H48ClN7O6/c1-28-22-44(26-52(28)34-8-5-30(23-47)37(46)21-34)11-15-50(16-12-44)33-6-3-29(4-7-33)41(56)51-17-13-45(59-2,14-18-51)27-49-24-31-19-35-36(20-32(31)25-49)43(58)53(42(35)57)38-9-10-39(54)48-40(38)55/h3-8,19-21,28,38H,9-18,22,24-27H2,1-2H3,(H,48,54,55)/t28-,38?/m0/s1. The van der Waals surface area contributed by atoms with Gasteiger partial charge >= 0.3 is 0 Å². The molecule has 0 radical (unpaired) electrons. The second kappa shape index (κ2) is 15.1. The zero-order valence-corrected chi connectivity index (χ0v) is 34.2. The Morgan fingerprint density at radius 3 is 2.14 bits per heavy atom. The first kappa shape index (κ1) is 39.2. The van der Waals surface area contributed by atoms with Gasteiger partial charge in [-0.1, -0.05) is 11.6 Å². The molecular formula is C45H48ClN7O6. The number of hydrogen-bond donors (Lipinski definition) is 1. The van der Waals surface area contributed by atoms with Crippen LogP contribution in [0.5, 0.6) is 0 Å². The Kier molecular flexibility index (Phi) is 10.0. The van der Waals surface area contributed by atoms with E-state index in [9.17, 15) is 29.2 Å². The average molecular weight is 818 g/mol. The van der Waals surface area contributed by atoms with Crippen LogP contribution < -0.4 is 15.1 Å². The maximum atomic E-state index is 13.7. The summed E-state index contributed by atoms with van der Waals surface area (Å²) in [6.45, 7) is 8.12. The fourth-order valence-corrected chi connectivity index (χ4v) is 10.8. The highest BCUT2D eigenvalue weighted by Crippen LogP contribution is 2.46. The second-order valence-electron chi connectivity index (χ2n) is 17.4. The van der Waals surface area contributed by atoms with Crippen molar-refractivity contribution >= 4 is 52.5 Å². The quantitative estimate of drug-likeness (QED) is 0.319. The minimum absolute atomic E-state index is 0.0190. The second-order valence-corrected chi connectivity index (χ2v) is 17.8. The van der Waals surface area contributed by atoms with Crippen LogP contribution in [0.25, 0.3) is 0 Å². The molecule has 0 aromatic heterocycles. The van der Waals surface area contributed by atoms with Gasteiger partial charge in [0.15, 0.2) is 0 Å². The van der Waals surface area contributed by atoms with Crippen molar-refractivity contribution in [2.75, 3.05) is 56.2 Å². The summed E-state index contributed by atoms with van der Waals surface area (Å²) in [4.78, 5) is 74.7. The zero-order chi connectivity index (χ0) is 41.2. The molecule has 0 aliphatic carbocycles. The molecule has 3 aromatic rings. The Morgan fingerprint density at radius 1 is 0.898 bits per heavy atom. The minimum atomic E-state index is -0.989. The molecule has 1 N–H and O–H groups in total. The number of hydrogen-bond acceptors (Lipinski definition) is 10. The Morgan fingerprint density at radius 2 is 1.54 bits per heavy atom.